The fourth-order valence-corrected chi connectivity index (χ4v) is 7.43. The average molecular weight is 855 g/mol. The van der Waals surface area contributed by atoms with E-state index in [-0.39, 0.29) is 50.7 Å². The van der Waals surface area contributed by atoms with Crippen LogP contribution in [-0.2, 0) is 30.5 Å². The smallest absolute Gasteiger partial charge is 0.329 e. The molecule has 12 heteroatoms. The SMILES string of the molecule is C=CCOc1ccc2ccccc2c1-c1c(OCC(=O)N[C@H](CCCC[NH3+])C(=O)C[C@H](CCCNC(=C)N)C(=O)N[C@@H](CC=C)C(=O)OCc2ccccc2)ccc2ccccc12. The molecule has 0 saturated heterocycles. The molecule has 5 rings (SSSR count). The second-order valence-electron chi connectivity index (χ2n) is 15.3. The lowest BCUT2D eigenvalue weighted by Gasteiger charge is -2.24. The van der Waals surface area contributed by atoms with Gasteiger partial charge in [0, 0.05) is 30.0 Å². The Labute approximate surface area is 369 Å². The van der Waals surface area contributed by atoms with E-state index in [1.165, 1.54) is 6.08 Å². The molecule has 0 aromatic heterocycles. The van der Waals surface area contributed by atoms with Crippen LogP contribution in [0.5, 0.6) is 11.5 Å². The summed E-state index contributed by atoms with van der Waals surface area (Å²) in [5.41, 5.74) is 12.0. The van der Waals surface area contributed by atoms with Gasteiger partial charge in [0.05, 0.1) is 18.4 Å². The Hall–Kier alpha value is -6.92. The highest BCUT2D eigenvalue weighted by Crippen LogP contribution is 2.45. The Kier molecular flexibility index (Phi) is 18.3. The van der Waals surface area contributed by atoms with E-state index >= 15 is 0 Å². The molecule has 0 aliphatic heterocycles. The van der Waals surface area contributed by atoms with Gasteiger partial charge in [-0.15, -0.1) is 6.58 Å². The first-order valence-electron chi connectivity index (χ1n) is 21.4. The monoisotopic (exact) mass is 854 g/mol. The minimum absolute atomic E-state index is 0.0364. The maximum absolute atomic E-state index is 14.2. The number of carbonyl (C=O) groups excluding carboxylic acids is 4. The number of amides is 2. The van der Waals surface area contributed by atoms with Crippen molar-refractivity contribution in [1.29, 1.82) is 0 Å². The summed E-state index contributed by atoms with van der Waals surface area (Å²) in [6.45, 7) is 12.3. The summed E-state index contributed by atoms with van der Waals surface area (Å²) in [4.78, 5) is 55.2. The third-order valence-corrected chi connectivity index (χ3v) is 10.6. The van der Waals surface area contributed by atoms with Gasteiger partial charge in [-0.1, -0.05) is 116 Å². The lowest BCUT2D eigenvalue weighted by molar-refractivity contribution is -0.368. The highest BCUT2D eigenvalue weighted by molar-refractivity contribution is 6.10. The number of fused-ring (bicyclic) bond motifs is 2. The fraction of sp³-hybridized carbons (Fsp3) is 0.294. The zero-order valence-electron chi connectivity index (χ0n) is 36.0. The summed E-state index contributed by atoms with van der Waals surface area (Å²) < 4.78 is 18.1. The van der Waals surface area contributed by atoms with E-state index in [9.17, 15) is 19.2 Å². The van der Waals surface area contributed by atoms with Gasteiger partial charge in [0.1, 0.15) is 30.8 Å². The van der Waals surface area contributed by atoms with E-state index in [2.05, 4.69) is 41.4 Å². The molecule has 0 unspecified atom stereocenters. The molecule has 63 heavy (non-hydrogen) atoms. The number of nitrogens with two attached hydrogens (primary N) is 1. The van der Waals surface area contributed by atoms with Crippen LogP contribution in [0, 0.1) is 5.92 Å². The topological polar surface area (TPSA) is 186 Å². The van der Waals surface area contributed by atoms with Crippen LogP contribution >= 0.6 is 0 Å². The van der Waals surface area contributed by atoms with Gasteiger partial charge in [0.2, 0.25) is 5.91 Å². The molecular formula is C51H60N5O7+. The third-order valence-electron chi connectivity index (χ3n) is 10.6. The Bertz CT molecular complexity index is 2370. The fourth-order valence-electron chi connectivity index (χ4n) is 7.43. The van der Waals surface area contributed by atoms with E-state index in [0.717, 1.165) is 44.7 Å². The third kappa shape index (κ3) is 13.8. The van der Waals surface area contributed by atoms with Crippen molar-refractivity contribution in [1.82, 2.24) is 16.0 Å². The molecule has 0 bridgehead atoms. The van der Waals surface area contributed by atoms with Gasteiger partial charge < -0.3 is 41.6 Å². The van der Waals surface area contributed by atoms with E-state index in [1.807, 2.05) is 103 Å². The van der Waals surface area contributed by atoms with Crippen molar-refractivity contribution in [2.24, 2.45) is 11.7 Å². The molecule has 0 saturated carbocycles. The Morgan fingerprint density at radius 1 is 0.714 bits per heavy atom. The molecule has 0 heterocycles. The van der Waals surface area contributed by atoms with E-state index in [1.54, 1.807) is 6.08 Å². The number of Topliss-reactive ketones (excluding diaryl/α,β-unsaturated/α-hetero) is 1. The van der Waals surface area contributed by atoms with Crippen LogP contribution in [0.25, 0.3) is 32.7 Å². The highest BCUT2D eigenvalue weighted by atomic mass is 16.5. The first kappa shape index (κ1) is 47.1. The molecule has 0 spiro atoms. The van der Waals surface area contributed by atoms with Gasteiger partial charge in [0.25, 0.3) is 5.91 Å². The number of benzene rings is 5. The van der Waals surface area contributed by atoms with Gasteiger partial charge >= 0.3 is 5.97 Å². The number of ether oxygens (including phenoxy) is 3. The molecule has 330 valence electrons. The maximum Gasteiger partial charge on any atom is 0.329 e. The lowest BCUT2D eigenvalue weighted by Crippen LogP contribution is -2.50. The van der Waals surface area contributed by atoms with Gasteiger partial charge in [-0.2, -0.15) is 0 Å². The van der Waals surface area contributed by atoms with Crippen molar-refractivity contribution in [3.05, 3.63) is 146 Å². The Morgan fingerprint density at radius 3 is 1.97 bits per heavy atom. The Morgan fingerprint density at radius 2 is 1.35 bits per heavy atom. The number of ketones is 1. The number of esters is 1. The number of quaternary nitrogens is 1. The van der Waals surface area contributed by atoms with E-state index in [0.29, 0.717) is 43.9 Å². The van der Waals surface area contributed by atoms with Crippen molar-refractivity contribution in [3.8, 4) is 22.6 Å². The van der Waals surface area contributed by atoms with Gasteiger partial charge in [-0.05, 0) is 77.8 Å². The summed E-state index contributed by atoms with van der Waals surface area (Å²) in [5.74, 6) is -1.37. The molecule has 0 aliphatic rings. The molecule has 12 nitrogen and oxygen atoms in total. The second kappa shape index (κ2) is 24.5. The molecule has 8 N–H and O–H groups in total. The van der Waals surface area contributed by atoms with Crippen LogP contribution in [0.2, 0.25) is 0 Å². The molecule has 0 aliphatic carbocycles. The standard InChI is InChI=1S/C51H59N5O7/c1-4-16-43(51(60)63-33-36-17-7-6-8-18-36)56-50(59)39(21-15-30-54-35(3)53)32-44(57)42(24-13-14-29-52)55-47(58)34-62-46-28-26-38-20-10-12-23-41(38)49(46)48-40-22-11-9-19-37(40)25-27-45(48)61-31-5-2/h4-12,17-20,22-23,25-28,39,42-43,54H,1-3,13-16,21,24,29-34,52-53H2,(H,55,58)(H,56,59)/p+1/t39-,42+,43-/m0/s1. The summed E-state index contributed by atoms with van der Waals surface area (Å²) in [6, 6.07) is 31.0. The molecule has 5 aromatic carbocycles. The number of unbranched alkanes of at least 4 members (excludes halogenated alkanes) is 1. The summed E-state index contributed by atoms with van der Waals surface area (Å²) in [6.07, 6.45) is 5.63. The van der Waals surface area contributed by atoms with E-state index < -0.39 is 35.8 Å². The number of rotatable bonds is 27. The predicted octanol–water partition coefficient (Wildman–Crippen LogP) is 6.68. The van der Waals surface area contributed by atoms with Crippen molar-refractivity contribution in [2.45, 2.75) is 63.6 Å². The van der Waals surface area contributed by atoms with Crippen LogP contribution in [0.3, 0.4) is 0 Å². The number of hydrogen-bond acceptors (Lipinski definition) is 9. The molecule has 0 radical (unpaired) electrons. The van der Waals surface area contributed by atoms with Crippen LogP contribution in [0.4, 0.5) is 0 Å². The minimum Gasteiger partial charge on any atom is -0.489 e. The highest BCUT2D eigenvalue weighted by Gasteiger charge is 2.31. The average Bonchev–Trinajstić information content (AvgIpc) is 3.29. The van der Waals surface area contributed by atoms with Gasteiger partial charge in [-0.3, -0.25) is 14.4 Å². The van der Waals surface area contributed by atoms with Crippen molar-refractivity contribution < 1.29 is 39.1 Å². The number of carbonyl (C=O) groups is 4. The van der Waals surface area contributed by atoms with Crippen LogP contribution in [0.15, 0.2) is 141 Å². The Balaban J connectivity index is 1.36. The van der Waals surface area contributed by atoms with E-state index in [4.69, 9.17) is 19.9 Å². The molecule has 3 atom stereocenters. The lowest BCUT2D eigenvalue weighted by atomic mass is 9.91. The molecule has 2 amide bonds. The predicted molar refractivity (Wildman–Crippen MR) is 248 cm³/mol. The zero-order valence-corrected chi connectivity index (χ0v) is 36.0. The largest absolute Gasteiger partial charge is 0.489 e. The first-order valence-corrected chi connectivity index (χ1v) is 21.4. The second-order valence-corrected chi connectivity index (χ2v) is 15.3. The molecule has 5 aromatic rings. The maximum atomic E-state index is 14.2. The van der Waals surface area contributed by atoms with Crippen molar-refractivity contribution in [3.63, 3.8) is 0 Å². The van der Waals surface area contributed by atoms with Crippen LogP contribution in [-0.4, -0.2) is 62.0 Å². The van der Waals surface area contributed by atoms with Crippen LogP contribution < -0.4 is 36.9 Å². The molecular weight excluding hydrogens is 795 g/mol. The first-order chi connectivity index (χ1) is 30.6. The summed E-state index contributed by atoms with van der Waals surface area (Å²) >= 11 is 0. The number of hydrogen-bond donors (Lipinski definition) is 5. The van der Waals surface area contributed by atoms with Crippen molar-refractivity contribution >= 4 is 45.1 Å². The summed E-state index contributed by atoms with van der Waals surface area (Å²) in [7, 11) is 0. The quantitative estimate of drug-likeness (QED) is 0.0218. The van der Waals surface area contributed by atoms with Crippen LogP contribution in [0.1, 0.15) is 50.5 Å². The van der Waals surface area contributed by atoms with Gasteiger partial charge in [0.15, 0.2) is 12.4 Å². The van der Waals surface area contributed by atoms with Crippen molar-refractivity contribution in [2.75, 3.05) is 26.3 Å². The minimum atomic E-state index is -1.01. The number of nitrogens with one attached hydrogen (secondary N) is 3. The van der Waals surface area contributed by atoms with Gasteiger partial charge in [-0.25, -0.2) is 4.79 Å². The zero-order chi connectivity index (χ0) is 45.0. The summed E-state index contributed by atoms with van der Waals surface area (Å²) in [5, 5.41) is 12.5. The molecule has 0 fully saturated rings. The normalized spacial score (nSPS) is 12.3.